The fraction of sp³-hybridized carbons (Fsp3) is 1.00. The van der Waals surface area contributed by atoms with E-state index in [0.29, 0.717) is 6.42 Å². The molecule has 1 aliphatic rings. The summed E-state index contributed by atoms with van der Waals surface area (Å²) in [7, 11) is -1.02. The summed E-state index contributed by atoms with van der Waals surface area (Å²) in [6.07, 6.45) is 3.61. The summed E-state index contributed by atoms with van der Waals surface area (Å²) in [5, 5.41) is 3.22. The molecule has 0 unspecified atom stereocenters. The van der Waals surface area contributed by atoms with Gasteiger partial charge < -0.3 is 10.2 Å². The molecular formula is C12H27N3O2S. The molecule has 2 N–H and O–H groups in total. The van der Waals surface area contributed by atoms with E-state index in [1.54, 1.807) is 0 Å². The molecule has 0 aromatic heterocycles. The molecule has 108 valence electrons. The molecule has 5 nitrogen and oxygen atoms in total. The molecule has 0 atom stereocenters. The molecule has 1 heterocycles. The van der Waals surface area contributed by atoms with Crippen LogP contribution in [0.4, 0.5) is 0 Å². The first-order valence-corrected chi connectivity index (χ1v) is 8.58. The third-order valence-electron chi connectivity index (χ3n) is 3.26. The van der Waals surface area contributed by atoms with E-state index in [1.165, 1.54) is 0 Å². The van der Waals surface area contributed by atoms with Crippen LogP contribution in [0, 0.1) is 0 Å². The first kappa shape index (κ1) is 15.9. The Morgan fingerprint density at radius 1 is 1.22 bits per heavy atom. The Hall–Kier alpha value is -0.170. The van der Waals surface area contributed by atoms with Crippen LogP contribution >= 0.6 is 0 Å². The van der Waals surface area contributed by atoms with Gasteiger partial charge in [0.1, 0.15) is 0 Å². The summed E-state index contributed by atoms with van der Waals surface area (Å²) < 4.78 is 26.5. The number of rotatable bonds is 8. The molecule has 1 saturated heterocycles. The van der Waals surface area contributed by atoms with E-state index in [1.807, 2.05) is 0 Å². The number of hydrogen-bond donors (Lipinski definition) is 2. The molecule has 1 fully saturated rings. The van der Waals surface area contributed by atoms with Crippen LogP contribution in [-0.4, -0.2) is 58.3 Å². The second-order valence-corrected chi connectivity index (χ2v) is 6.99. The Morgan fingerprint density at radius 2 is 1.89 bits per heavy atom. The molecule has 1 rings (SSSR count). The molecule has 1 aliphatic heterocycles. The quantitative estimate of drug-likeness (QED) is 0.630. The van der Waals surface area contributed by atoms with Crippen molar-refractivity contribution in [1.29, 1.82) is 0 Å². The predicted molar refractivity (Wildman–Crippen MR) is 75.2 cm³/mol. The highest BCUT2D eigenvalue weighted by Crippen LogP contribution is 2.09. The number of piperidine rings is 1. The van der Waals surface area contributed by atoms with Gasteiger partial charge in [0.15, 0.2) is 0 Å². The number of nitrogens with one attached hydrogen (secondary N) is 2. The Balaban J connectivity index is 2.18. The van der Waals surface area contributed by atoms with Gasteiger partial charge in [0.05, 0.1) is 5.75 Å². The minimum atomic E-state index is -3.09. The van der Waals surface area contributed by atoms with E-state index in [-0.39, 0.29) is 11.8 Å². The number of nitrogens with zero attached hydrogens (tertiary/aromatic N) is 1. The molecule has 0 radical (unpaired) electrons. The summed E-state index contributed by atoms with van der Waals surface area (Å²) >= 11 is 0. The Kier molecular flexibility index (Phi) is 7.14. The van der Waals surface area contributed by atoms with E-state index < -0.39 is 10.0 Å². The highest BCUT2D eigenvalue weighted by molar-refractivity contribution is 7.89. The summed E-state index contributed by atoms with van der Waals surface area (Å²) in [6.45, 7) is 5.80. The largest absolute Gasteiger partial charge is 0.317 e. The fourth-order valence-electron chi connectivity index (χ4n) is 2.13. The zero-order chi connectivity index (χ0) is 13.4. The fourth-order valence-corrected chi connectivity index (χ4v) is 3.51. The lowest BCUT2D eigenvalue weighted by molar-refractivity contribution is 0.248. The number of sulfonamides is 1. The van der Waals surface area contributed by atoms with Crippen molar-refractivity contribution in [3.8, 4) is 0 Å². The van der Waals surface area contributed by atoms with Crippen LogP contribution in [-0.2, 0) is 10.0 Å². The minimum Gasteiger partial charge on any atom is -0.317 e. The van der Waals surface area contributed by atoms with Gasteiger partial charge in [-0.3, -0.25) is 0 Å². The van der Waals surface area contributed by atoms with Crippen LogP contribution in [0.3, 0.4) is 0 Å². The van der Waals surface area contributed by atoms with Crippen molar-refractivity contribution >= 4 is 10.0 Å². The van der Waals surface area contributed by atoms with E-state index in [9.17, 15) is 8.42 Å². The summed E-state index contributed by atoms with van der Waals surface area (Å²) in [4.78, 5) is 2.24. The monoisotopic (exact) mass is 277 g/mol. The zero-order valence-electron chi connectivity index (χ0n) is 11.6. The molecule has 6 heteroatoms. The maximum absolute atomic E-state index is 11.9. The van der Waals surface area contributed by atoms with Crippen LogP contribution in [0.5, 0.6) is 0 Å². The topological polar surface area (TPSA) is 61.4 Å². The summed E-state index contributed by atoms with van der Waals surface area (Å²) in [6, 6.07) is 0.134. The normalized spacial score (nSPS) is 19.2. The van der Waals surface area contributed by atoms with Crippen LogP contribution in [0.2, 0.25) is 0 Å². The smallest absolute Gasteiger partial charge is 0.211 e. The van der Waals surface area contributed by atoms with Crippen LogP contribution in [0.25, 0.3) is 0 Å². The first-order valence-electron chi connectivity index (χ1n) is 6.93. The average Bonchev–Trinajstić information content (AvgIpc) is 2.31. The summed E-state index contributed by atoms with van der Waals surface area (Å²) in [5.41, 5.74) is 0. The van der Waals surface area contributed by atoms with Gasteiger partial charge in [0, 0.05) is 6.04 Å². The second kappa shape index (κ2) is 8.09. The third kappa shape index (κ3) is 6.68. The molecule has 0 spiro atoms. The number of likely N-dealkylation sites (tertiary alicyclic amines) is 1. The van der Waals surface area contributed by atoms with Gasteiger partial charge in [-0.1, -0.05) is 6.92 Å². The SMILES string of the molecule is CCCNCCCS(=O)(=O)NC1CCN(C)CC1. The lowest BCUT2D eigenvalue weighted by atomic mass is 10.1. The molecule has 0 aliphatic carbocycles. The molecule has 0 amide bonds. The molecular weight excluding hydrogens is 250 g/mol. The van der Waals surface area contributed by atoms with E-state index >= 15 is 0 Å². The van der Waals surface area contributed by atoms with Crippen molar-refractivity contribution in [2.75, 3.05) is 39.0 Å². The maximum atomic E-state index is 11.9. The van der Waals surface area contributed by atoms with Gasteiger partial charge in [-0.2, -0.15) is 0 Å². The predicted octanol–water partition coefficient (Wildman–Crippen LogP) is 0.390. The lowest BCUT2D eigenvalue weighted by Crippen LogP contribution is -2.44. The van der Waals surface area contributed by atoms with Crippen molar-refractivity contribution in [3.05, 3.63) is 0 Å². The Bertz CT molecular complexity index is 311. The lowest BCUT2D eigenvalue weighted by Gasteiger charge is -2.29. The molecule has 0 bridgehead atoms. The average molecular weight is 277 g/mol. The van der Waals surface area contributed by atoms with Gasteiger partial charge in [-0.25, -0.2) is 13.1 Å². The van der Waals surface area contributed by atoms with E-state index in [0.717, 1.165) is 45.4 Å². The van der Waals surface area contributed by atoms with Crippen molar-refractivity contribution in [2.45, 2.75) is 38.6 Å². The summed E-state index contributed by atoms with van der Waals surface area (Å²) in [5.74, 6) is 0.232. The van der Waals surface area contributed by atoms with Crippen LogP contribution < -0.4 is 10.0 Å². The molecule has 0 aromatic rings. The second-order valence-electron chi connectivity index (χ2n) is 5.12. The van der Waals surface area contributed by atoms with Crippen molar-refractivity contribution < 1.29 is 8.42 Å². The van der Waals surface area contributed by atoms with E-state index in [2.05, 4.69) is 28.9 Å². The highest BCUT2D eigenvalue weighted by atomic mass is 32.2. The van der Waals surface area contributed by atoms with Gasteiger partial charge in [-0.05, 0) is 58.9 Å². The first-order chi connectivity index (χ1) is 8.53. The maximum Gasteiger partial charge on any atom is 0.211 e. The van der Waals surface area contributed by atoms with Crippen molar-refractivity contribution in [2.24, 2.45) is 0 Å². The molecule has 0 aromatic carbocycles. The Morgan fingerprint density at radius 3 is 2.50 bits per heavy atom. The van der Waals surface area contributed by atoms with Gasteiger partial charge in [-0.15, -0.1) is 0 Å². The van der Waals surface area contributed by atoms with E-state index in [4.69, 9.17) is 0 Å². The van der Waals surface area contributed by atoms with Crippen molar-refractivity contribution in [1.82, 2.24) is 14.9 Å². The molecule has 0 saturated carbocycles. The van der Waals surface area contributed by atoms with Crippen LogP contribution in [0.15, 0.2) is 0 Å². The zero-order valence-corrected chi connectivity index (χ0v) is 12.4. The van der Waals surface area contributed by atoms with Crippen molar-refractivity contribution in [3.63, 3.8) is 0 Å². The Labute approximate surface area is 111 Å². The standard InChI is InChI=1S/C12H27N3O2S/c1-3-7-13-8-4-11-18(16,17)14-12-5-9-15(2)10-6-12/h12-14H,3-11H2,1-2H3. The van der Waals surface area contributed by atoms with Gasteiger partial charge in [0.2, 0.25) is 10.0 Å². The van der Waals surface area contributed by atoms with Gasteiger partial charge in [0.25, 0.3) is 0 Å². The highest BCUT2D eigenvalue weighted by Gasteiger charge is 2.21. The van der Waals surface area contributed by atoms with Crippen LogP contribution in [0.1, 0.15) is 32.6 Å². The minimum absolute atomic E-state index is 0.134. The number of hydrogen-bond acceptors (Lipinski definition) is 4. The third-order valence-corrected chi connectivity index (χ3v) is 4.78. The van der Waals surface area contributed by atoms with Gasteiger partial charge >= 0.3 is 0 Å². The molecule has 18 heavy (non-hydrogen) atoms.